The summed E-state index contributed by atoms with van der Waals surface area (Å²) in [5.41, 5.74) is 0.660. The number of fused-ring (bicyclic) bond motifs is 1. The standard InChI is InChI=1S/C17H18F2N6O2/c1-9-3-4-24(16(26)11-6-22-27-10(11)2)7-12(9)14-5-13(15(18)19)23-17-20-8-21-25(14)17/h5-6,8-9,12,15H,3-4,7H2,1-2H3/t9-,12?/m1/s1. The van der Waals surface area contributed by atoms with Crippen LogP contribution in [0.15, 0.2) is 23.1 Å². The van der Waals surface area contributed by atoms with Crippen molar-refractivity contribution in [1.82, 2.24) is 29.6 Å². The van der Waals surface area contributed by atoms with Crippen LogP contribution in [0.5, 0.6) is 0 Å². The van der Waals surface area contributed by atoms with Gasteiger partial charge in [0.2, 0.25) is 0 Å². The molecule has 0 aromatic carbocycles. The maximum atomic E-state index is 13.3. The van der Waals surface area contributed by atoms with Crippen LogP contribution in [-0.4, -0.2) is 48.6 Å². The van der Waals surface area contributed by atoms with Gasteiger partial charge in [-0.05, 0) is 25.3 Å². The van der Waals surface area contributed by atoms with Gasteiger partial charge in [0.1, 0.15) is 23.3 Å². The first kappa shape index (κ1) is 17.5. The Morgan fingerprint density at radius 2 is 2.22 bits per heavy atom. The number of halogens is 2. The second kappa shape index (κ2) is 6.67. The van der Waals surface area contributed by atoms with Gasteiger partial charge in [-0.2, -0.15) is 10.1 Å². The summed E-state index contributed by atoms with van der Waals surface area (Å²) >= 11 is 0. The number of aromatic nitrogens is 5. The molecule has 8 nitrogen and oxygen atoms in total. The summed E-state index contributed by atoms with van der Waals surface area (Å²) in [5, 5.41) is 7.79. The van der Waals surface area contributed by atoms with Crippen LogP contribution < -0.4 is 0 Å². The molecule has 0 bridgehead atoms. The van der Waals surface area contributed by atoms with Crippen LogP contribution in [0.25, 0.3) is 5.78 Å². The minimum atomic E-state index is -2.71. The number of likely N-dealkylation sites (tertiary alicyclic amines) is 1. The Morgan fingerprint density at radius 3 is 2.93 bits per heavy atom. The molecule has 2 atom stereocenters. The molecule has 0 saturated carbocycles. The van der Waals surface area contributed by atoms with Crippen molar-refractivity contribution in [3.05, 3.63) is 41.3 Å². The lowest BCUT2D eigenvalue weighted by atomic mass is 9.84. The van der Waals surface area contributed by atoms with Crippen molar-refractivity contribution >= 4 is 11.7 Å². The third-order valence-corrected chi connectivity index (χ3v) is 5.13. The highest BCUT2D eigenvalue weighted by Gasteiger charge is 2.34. The fraction of sp³-hybridized carbons (Fsp3) is 0.471. The molecule has 4 rings (SSSR count). The van der Waals surface area contributed by atoms with Gasteiger partial charge in [-0.3, -0.25) is 4.79 Å². The second-order valence-corrected chi connectivity index (χ2v) is 6.80. The summed E-state index contributed by atoms with van der Waals surface area (Å²) in [5.74, 6) is 0.417. The molecule has 1 unspecified atom stereocenters. The van der Waals surface area contributed by atoms with Crippen LogP contribution in [0, 0.1) is 12.8 Å². The quantitative estimate of drug-likeness (QED) is 0.698. The molecule has 1 saturated heterocycles. The molecule has 3 aromatic heterocycles. The first-order valence-electron chi connectivity index (χ1n) is 8.65. The van der Waals surface area contributed by atoms with E-state index in [4.69, 9.17) is 4.52 Å². The lowest BCUT2D eigenvalue weighted by molar-refractivity contribution is 0.0663. The van der Waals surface area contributed by atoms with Gasteiger partial charge < -0.3 is 9.42 Å². The van der Waals surface area contributed by atoms with E-state index in [2.05, 4.69) is 20.2 Å². The topological polar surface area (TPSA) is 89.4 Å². The van der Waals surface area contributed by atoms with E-state index in [1.807, 2.05) is 6.92 Å². The smallest absolute Gasteiger partial charge is 0.280 e. The van der Waals surface area contributed by atoms with Gasteiger partial charge in [-0.25, -0.2) is 18.3 Å². The Morgan fingerprint density at radius 1 is 1.41 bits per heavy atom. The average Bonchev–Trinajstić information content (AvgIpc) is 3.29. The molecule has 1 aliphatic heterocycles. The molecule has 4 heterocycles. The maximum absolute atomic E-state index is 13.3. The van der Waals surface area contributed by atoms with E-state index in [9.17, 15) is 13.6 Å². The number of piperidine rings is 1. The normalized spacial score (nSPS) is 20.6. The van der Waals surface area contributed by atoms with Gasteiger partial charge in [0.05, 0.1) is 11.9 Å². The summed E-state index contributed by atoms with van der Waals surface area (Å²) in [6.07, 6.45) is 0.727. The number of carbonyl (C=O) groups excluding carboxylic acids is 1. The molecular weight excluding hydrogens is 358 g/mol. The molecule has 27 heavy (non-hydrogen) atoms. The van der Waals surface area contributed by atoms with Crippen LogP contribution in [-0.2, 0) is 0 Å². The Hall–Kier alpha value is -2.91. The average molecular weight is 376 g/mol. The number of alkyl halides is 2. The Balaban J connectivity index is 1.70. The number of carbonyl (C=O) groups is 1. The molecular formula is C17H18F2N6O2. The van der Waals surface area contributed by atoms with E-state index < -0.39 is 6.43 Å². The van der Waals surface area contributed by atoms with Gasteiger partial charge in [0.15, 0.2) is 0 Å². The largest absolute Gasteiger partial charge is 0.361 e. The molecule has 1 fully saturated rings. The third kappa shape index (κ3) is 3.04. The Kier molecular flexibility index (Phi) is 4.33. The minimum absolute atomic E-state index is 0.133. The van der Waals surface area contributed by atoms with Crippen molar-refractivity contribution in [2.24, 2.45) is 5.92 Å². The highest BCUT2D eigenvalue weighted by molar-refractivity contribution is 5.94. The van der Waals surface area contributed by atoms with Gasteiger partial charge in [0.25, 0.3) is 18.1 Å². The lowest BCUT2D eigenvalue weighted by Crippen LogP contribution is -2.42. The lowest BCUT2D eigenvalue weighted by Gasteiger charge is -2.37. The predicted molar refractivity (Wildman–Crippen MR) is 89.4 cm³/mol. The van der Waals surface area contributed by atoms with E-state index in [0.717, 1.165) is 6.42 Å². The highest BCUT2D eigenvalue weighted by atomic mass is 19.3. The van der Waals surface area contributed by atoms with E-state index in [1.165, 1.54) is 23.1 Å². The highest BCUT2D eigenvalue weighted by Crippen LogP contribution is 2.34. The van der Waals surface area contributed by atoms with Crippen LogP contribution >= 0.6 is 0 Å². The van der Waals surface area contributed by atoms with Crippen molar-refractivity contribution in [3.63, 3.8) is 0 Å². The summed E-state index contributed by atoms with van der Waals surface area (Å²) in [6, 6.07) is 1.37. The minimum Gasteiger partial charge on any atom is -0.361 e. The zero-order valence-corrected chi connectivity index (χ0v) is 14.8. The number of amides is 1. The van der Waals surface area contributed by atoms with Crippen LogP contribution in [0.1, 0.15) is 53.2 Å². The first-order valence-corrected chi connectivity index (χ1v) is 8.65. The Labute approximate surface area is 153 Å². The first-order chi connectivity index (χ1) is 13.0. The van der Waals surface area contributed by atoms with E-state index in [0.29, 0.717) is 30.1 Å². The molecule has 142 valence electrons. The van der Waals surface area contributed by atoms with E-state index in [-0.39, 0.29) is 29.2 Å². The van der Waals surface area contributed by atoms with Crippen LogP contribution in [0.2, 0.25) is 0 Å². The fourth-order valence-electron chi connectivity index (χ4n) is 3.54. The zero-order valence-electron chi connectivity index (χ0n) is 14.8. The van der Waals surface area contributed by atoms with Crippen molar-refractivity contribution in [2.75, 3.05) is 13.1 Å². The summed E-state index contributed by atoms with van der Waals surface area (Å²) < 4.78 is 33.0. The molecule has 1 amide bonds. The van der Waals surface area contributed by atoms with Crippen molar-refractivity contribution in [1.29, 1.82) is 0 Å². The van der Waals surface area contributed by atoms with Crippen molar-refractivity contribution in [2.45, 2.75) is 32.6 Å². The molecule has 10 heteroatoms. The number of aryl methyl sites for hydroxylation is 1. The Bertz CT molecular complexity index is 985. The molecule has 0 N–H and O–H groups in total. The third-order valence-electron chi connectivity index (χ3n) is 5.13. The molecule has 0 radical (unpaired) electrons. The molecule has 0 spiro atoms. The zero-order chi connectivity index (χ0) is 19.1. The van der Waals surface area contributed by atoms with E-state index >= 15 is 0 Å². The second-order valence-electron chi connectivity index (χ2n) is 6.80. The predicted octanol–water partition coefficient (Wildman–Crippen LogP) is 2.62. The fourth-order valence-corrected chi connectivity index (χ4v) is 3.54. The van der Waals surface area contributed by atoms with Crippen molar-refractivity contribution < 1.29 is 18.1 Å². The summed E-state index contributed by atoms with van der Waals surface area (Å²) in [7, 11) is 0. The van der Waals surface area contributed by atoms with Gasteiger partial charge in [-0.1, -0.05) is 12.1 Å². The number of rotatable bonds is 3. The molecule has 3 aromatic rings. The number of hydrogen-bond acceptors (Lipinski definition) is 6. The summed E-state index contributed by atoms with van der Waals surface area (Å²) in [4.78, 5) is 22.3. The molecule has 1 aliphatic rings. The monoisotopic (exact) mass is 376 g/mol. The van der Waals surface area contributed by atoms with E-state index in [1.54, 1.807) is 11.8 Å². The van der Waals surface area contributed by atoms with Gasteiger partial charge in [-0.15, -0.1) is 0 Å². The summed E-state index contributed by atoms with van der Waals surface area (Å²) in [6.45, 7) is 4.68. The van der Waals surface area contributed by atoms with Crippen LogP contribution in [0.3, 0.4) is 0 Å². The molecule has 0 aliphatic carbocycles. The van der Waals surface area contributed by atoms with Crippen molar-refractivity contribution in [3.8, 4) is 0 Å². The maximum Gasteiger partial charge on any atom is 0.280 e. The number of hydrogen-bond donors (Lipinski definition) is 0. The van der Waals surface area contributed by atoms with Gasteiger partial charge >= 0.3 is 0 Å². The van der Waals surface area contributed by atoms with Gasteiger partial charge in [0, 0.05) is 19.0 Å². The SMILES string of the molecule is Cc1oncc1C(=O)N1CC[C@@H](C)C(c2cc(C(F)F)nc3ncnn23)C1. The van der Waals surface area contributed by atoms with Crippen LogP contribution in [0.4, 0.5) is 8.78 Å². The number of nitrogens with zero attached hydrogens (tertiary/aromatic N) is 6.